The summed E-state index contributed by atoms with van der Waals surface area (Å²) < 4.78 is 12.6. The number of hydrogen-bond donors (Lipinski definition) is 0. The Hall–Kier alpha value is -1.47. The van der Waals surface area contributed by atoms with Crippen LogP contribution in [0.2, 0.25) is 0 Å². The predicted molar refractivity (Wildman–Crippen MR) is 35.2 cm³/mol. The van der Waals surface area contributed by atoms with Crippen molar-refractivity contribution in [3.8, 4) is 0 Å². The molecule has 0 radical (unpaired) electrons. The summed E-state index contributed by atoms with van der Waals surface area (Å²) in [5, 5.41) is 0. The van der Waals surface area contributed by atoms with Crippen LogP contribution in [-0.2, 0) is 0 Å². The summed E-state index contributed by atoms with van der Waals surface area (Å²) in [4.78, 5) is 2.70. The molecule has 0 amide bonds. The van der Waals surface area contributed by atoms with E-state index < -0.39 is 0 Å². The quantitative estimate of drug-likeness (QED) is 0.318. The lowest BCUT2D eigenvalue weighted by Gasteiger charge is -1.86. The lowest BCUT2D eigenvalue weighted by molar-refractivity contribution is 0.00435. The van der Waals surface area contributed by atoms with Crippen LogP contribution in [0.1, 0.15) is 5.56 Å². The first-order valence-corrected chi connectivity index (χ1v) is 2.76. The zero-order valence-corrected chi connectivity index (χ0v) is 5.16. The molecule has 2 nitrogen and oxygen atoms in total. The lowest BCUT2D eigenvalue weighted by atomic mass is 10.2. The minimum Gasteiger partial charge on any atom is -0.361 e. The zero-order chi connectivity index (χ0) is 7.40. The smallest absolute Gasteiger partial charge is 0.290 e. The Morgan fingerprint density at radius 3 is 2.70 bits per heavy atom. The van der Waals surface area contributed by atoms with Gasteiger partial charge >= 0.3 is 0 Å². The number of hydrogen-bond acceptors (Lipinski definition) is 0. The number of nitrogens with zero attached hydrogens (tertiary/aromatic N) is 2. The van der Waals surface area contributed by atoms with E-state index in [9.17, 15) is 4.39 Å². The van der Waals surface area contributed by atoms with E-state index in [0.29, 0.717) is 0 Å². The van der Waals surface area contributed by atoms with E-state index >= 15 is 0 Å². The van der Waals surface area contributed by atoms with Crippen molar-refractivity contribution in [1.29, 1.82) is 0 Å². The first-order chi connectivity index (χ1) is 4.84. The second kappa shape index (κ2) is 2.90. The van der Waals surface area contributed by atoms with Gasteiger partial charge in [0.2, 0.25) is 0 Å². The molecule has 10 heavy (non-hydrogen) atoms. The highest BCUT2D eigenvalue weighted by atomic mass is 19.1. The Kier molecular flexibility index (Phi) is 1.92. The Balaban J connectivity index is 3.14. The Labute approximate surface area is 57.5 Å². The van der Waals surface area contributed by atoms with Crippen LogP contribution in [0.4, 0.5) is 4.39 Å². The second-order valence-corrected chi connectivity index (χ2v) is 1.77. The highest BCUT2D eigenvalue weighted by Crippen LogP contribution is 2.01. The third-order valence-corrected chi connectivity index (χ3v) is 1.10. The lowest BCUT2D eigenvalue weighted by Crippen LogP contribution is -1.86. The van der Waals surface area contributed by atoms with Gasteiger partial charge in [-0.25, -0.2) is 4.39 Å². The fourth-order valence-corrected chi connectivity index (χ4v) is 0.642. The molecule has 1 rings (SSSR count). The molecule has 0 heterocycles. The fraction of sp³-hybridized carbons (Fsp3) is 0. The number of benzene rings is 1. The van der Waals surface area contributed by atoms with Crippen LogP contribution in [0.5, 0.6) is 0 Å². The molecule has 0 saturated carbocycles. The molecule has 0 atom stereocenters. The molecule has 0 bridgehead atoms. The molecule has 1 aromatic carbocycles. The monoisotopic (exact) mass is 136 g/mol. The predicted octanol–water partition coefficient (Wildman–Crippen LogP) is 1.47. The average molecular weight is 136 g/mol. The Morgan fingerprint density at radius 1 is 1.40 bits per heavy atom. The molecular formula is C7H5FN2. The van der Waals surface area contributed by atoms with Crippen molar-refractivity contribution in [2.24, 2.45) is 0 Å². The molecule has 0 unspecified atom stereocenters. The summed E-state index contributed by atoms with van der Waals surface area (Å²) in [7, 11) is 0. The van der Waals surface area contributed by atoms with Crippen LogP contribution in [0.25, 0.3) is 5.53 Å². The molecule has 0 aliphatic rings. The summed E-state index contributed by atoms with van der Waals surface area (Å²) in [6, 6.07) is 6.07. The zero-order valence-electron chi connectivity index (χ0n) is 5.16. The van der Waals surface area contributed by atoms with Gasteiger partial charge in [-0.15, -0.1) is 0 Å². The molecule has 3 heteroatoms. The van der Waals surface area contributed by atoms with Gasteiger partial charge in [-0.05, 0) is 12.1 Å². The maximum absolute atomic E-state index is 12.6. The van der Waals surface area contributed by atoms with E-state index in [1.807, 2.05) is 0 Å². The van der Waals surface area contributed by atoms with Gasteiger partial charge in [-0.1, -0.05) is 12.1 Å². The number of rotatable bonds is 1. The third-order valence-electron chi connectivity index (χ3n) is 1.10. The molecule has 50 valence electrons. The van der Waals surface area contributed by atoms with Crippen LogP contribution in [0.15, 0.2) is 24.3 Å². The van der Waals surface area contributed by atoms with Crippen LogP contribution < -0.4 is 0 Å². The summed E-state index contributed by atoms with van der Waals surface area (Å²) in [5.41, 5.74) is 8.33. The van der Waals surface area contributed by atoms with Crippen molar-refractivity contribution in [3.05, 3.63) is 41.2 Å². The van der Waals surface area contributed by atoms with E-state index in [1.165, 1.54) is 12.1 Å². The van der Waals surface area contributed by atoms with E-state index in [-0.39, 0.29) is 11.4 Å². The van der Waals surface area contributed by atoms with Gasteiger partial charge in [0.1, 0.15) is 5.82 Å². The Morgan fingerprint density at radius 2 is 2.10 bits per heavy atom. The van der Waals surface area contributed by atoms with Gasteiger partial charge in [-0.2, -0.15) is 4.79 Å². The van der Waals surface area contributed by atoms with E-state index in [0.717, 1.165) is 6.21 Å². The highest BCUT2D eigenvalue weighted by molar-refractivity contribution is 5.75. The standard InChI is InChI=1S/C7H5FN2/c8-7-4-2-1-3-6(7)5-10-9/h1-5H. The summed E-state index contributed by atoms with van der Waals surface area (Å²) in [5.74, 6) is -0.389. The summed E-state index contributed by atoms with van der Waals surface area (Å²) in [6.45, 7) is 0. The first-order valence-electron chi connectivity index (χ1n) is 2.76. The SMILES string of the molecule is [N-]=[N+]=Cc1ccccc1F. The van der Waals surface area contributed by atoms with E-state index in [1.54, 1.807) is 12.1 Å². The summed E-state index contributed by atoms with van der Waals surface area (Å²) in [6.07, 6.45) is 1.05. The molecule has 0 fully saturated rings. The fourth-order valence-electron chi connectivity index (χ4n) is 0.642. The van der Waals surface area contributed by atoms with Gasteiger partial charge in [0.25, 0.3) is 6.21 Å². The molecule has 0 aliphatic heterocycles. The minimum atomic E-state index is -0.389. The second-order valence-electron chi connectivity index (χ2n) is 1.77. The topological polar surface area (TPSA) is 36.4 Å². The van der Waals surface area contributed by atoms with Crippen LogP contribution in [-0.4, -0.2) is 11.0 Å². The molecular weight excluding hydrogens is 131 g/mol. The van der Waals surface area contributed by atoms with Gasteiger partial charge in [0.15, 0.2) is 0 Å². The van der Waals surface area contributed by atoms with Crippen LogP contribution >= 0.6 is 0 Å². The minimum absolute atomic E-state index is 0.282. The van der Waals surface area contributed by atoms with Crippen molar-refractivity contribution in [3.63, 3.8) is 0 Å². The molecule has 0 aromatic heterocycles. The van der Waals surface area contributed by atoms with E-state index in [4.69, 9.17) is 5.53 Å². The number of halogens is 1. The van der Waals surface area contributed by atoms with Gasteiger partial charge in [0.05, 0.1) is 5.56 Å². The Bertz CT molecular complexity index is 277. The van der Waals surface area contributed by atoms with Crippen molar-refractivity contribution in [2.75, 3.05) is 0 Å². The largest absolute Gasteiger partial charge is 0.361 e. The van der Waals surface area contributed by atoms with Crippen molar-refractivity contribution < 1.29 is 9.18 Å². The van der Waals surface area contributed by atoms with Crippen molar-refractivity contribution in [1.82, 2.24) is 0 Å². The van der Waals surface area contributed by atoms with Gasteiger partial charge in [0, 0.05) is 0 Å². The maximum Gasteiger partial charge on any atom is 0.290 e. The highest BCUT2D eigenvalue weighted by Gasteiger charge is 1.98. The molecule has 0 saturated heterocycles. The van der Waals surface area contributed by atoms with Crippen molar-refractivity contribution >= 4 is 6.21 Å². The first kappa shape index (κ1) is 6.65. The van der Waals surface area contributed by atoms with E-state index in [2.05, 4.69) is 4.79 Å². The molecule has 0 N–H and O–H groups in total. The molecule has 0 spiro atoms. The third kappa shape index (κ3) is 1.27. The molecule has 0 aliphatic carbocycles. The van der Waals surface area contributed by atoms with Gasteiger partial charge in [-0.3, -0.25) is 0 Å². The van der Waals surface area contributed by atoms with Crippen LogP contribution in [0, 0.1) is 5.82 Å². The summed E-state index contributed by atoms with van der Waals surface area (Å²) >= 11 is 0. The normalized spacial score (nSPS) is 8.50. The van der Waals surface area contributed by atoms with Crippen LogP contribution in [0.3, 0.4) is 0 Å². The molecule has 1 aromatic rings. The maximum atomic E-state index is 12.6. The van der Waals surface area contributed by atoms with Crippen molar-refractivity contribution in [2.45, 2.75) is 0 Å². The average Bonchev–Trinajstić information content (AvgIpc) is 1.94. The van der Waals surface area contributed by atoms with Gasteiger partial charge < -0.3 is 5.53 Å².